The van der Waals surface area contributed by atoms with Gasteiger partial charge in [0, 0.05) is 25.6 Å². The van der Waals surface area contributed by atoms with Gasteiger partial charge in [0.25, 0.3) is 0 Å². The van der Waals surface area contributed by atoms with Crippen molar-refractivity contribution in [1.29, 1.82) is 0 Å². The molecule has 0 unspecified atom stereocenters. The Labute approximate surface area is 125 Å². The van der Waals surface area contributed by atoms with Gasteiger partial charge in [0.15, 0.2) is 11.5 Å². The van der Waals surface area contributed by atoms with Gasteiger partial charge in [-0.25, -0.2) is 9.78 Å². The van der Waals surface area contributed by atoms with E-state index in [1.807, 2.05) is 0 Å². The van der Waals surface area contributed by atoms with Crippen molar-refractivity contribution in [3.05, 3.63) is 24.1 Å². The summed E-state index contributed by atoms with van der Waals surface area (Å²) >= 11 is 0. The number of oxazole rings is 1. The maximum Gasteiger partial charge on any atom is 0.324 e. The Morgan fingerprint density at radius 2 is 2.27 bits per heavy atom. The van der Waals surface area contributed by atoms with E-state index in [2.05, 4.69) is 15.6 Å². The molecule has 1 aromatic heterocycles. The number of imide groups is 1. The summed E-state index contributed by atoms with van der Waals surface area (Å²) in [5, 5.41) is 4.87. The summed E-state index contributed by atoms with van der Waals surface area (Å²) in [5.74, 6) is -0.120. The highest BCUT2D eigenvalue weighted by molar-refractivity contribution is 6.00. The molecule has 3 rings (SSSR count). The third-order valence-electron chi connectivity index (χ3n) is 3.26. The number of rotatable bonds is 3. The largest absolute Gasteiger partial charge is 0.441 e. The van der Waals surface area contributed by atoms with Gasteiger partial charge < -0.3 is 14.6 Å². The molecule has 2 N–H and O–H groups in total. The van der Waals surface area contributed by atoms with E-state index >= 15 is 0 Å². The fraction of sp³-hybridized carbons (Fsp3) is 0.286. The number of aryl methyl sites for hydroxylation is 1. The second-order valence-corrected chi connectivity index (χ2v) is 4.99. The molecule has 4 amide bonds. The minimum absolute atomic E-state index is 0.116. The van der Waals surface area contributed by atoms with Crippen molar-refractivity contribution in [2.24, 2.45) is 0 Å². The van der Waals surface area contributed by atoms with E-state index in [9.17, 15) is 14.4 Å². The van der Waals surface area contributed by atoms with E-state index in [-0.39, 0.29) is 31.3 Å². The van der Waals surface area contributed by atoms with Crippen LogP contribution in [0, 0.1) is 6.92 Å². The van der Waals surface area contributed by atoms with Crippen molar-refractivity contribution in [2.45, 2.75) is 13.3 Å². The van der Waals surface area contributed by atoms with Crippen molar-refractivity contribution < 1.29 is 18.8 Å². The maximum absolute atomic E-state index is 12.0. The van der Waals surface area contributed by atoms with E-state index in [1.165, 1.54) is 4.90 Å². The van der Waals surface area contributed by atoms with E-state index in [0.717, 1.165) is 0 Å². The van der Waals surface area contributed by atoms with Crippen LogP contribution in [0.3, 0.4) is 0 Å². The summed E-state index contributed by atoms with van der Waals surface area (Å²) in [6, 6.07) is 4.57. The lowest BCUT2D eigenvalue weighted by Crippen LogP contribution is -2.51. The molecule has 1 fully saturated rings. The predicted molar refractivity (Wildman–Crippen MR) is 77.1 cm³/mol. The predicted octanol–water partition coefficient (Wildman–Crippen LogP) is 1.02. The van der Waals surface area contributed by atoms with Crippen LogP contribution in [0.25, 0.3) is 11.1 Å². The highest BCUT2D eigenvalue weighted by Crippen LogP contribution is 2.19. The number of anilines is 1. The lowest BCUT2D eigenvalue weighted by Gasteiger charge is -2.25. The van der Waals surface area contributed by atoms with Crippen molar-refractivity contribution in [2.75, 3.05) is 18.4 Å². The number of benzene rings is 1. The van der Waals surface area contributed by atoms with Crippen LogP contribution in [0.4, 0.5) is 10.5 Å². The minimum Gasteiger partial charge on any atom is -0.441 e. The van der Waals surface area contributed by atoms with Gasteiger partial charge in [-0.3, -0.25) is 14.9 Å². The lowest BCUT2D eigenvalue weighted by molar-refractivity contribution is -0.123. The first-order valence-electron chi connectivity index (χ1n) is 6.77. The molecule has 0 radical (unpaired) electrons. The van der Waals surface area contributed by atoms with Crippen LogP contribution in [0.5, 0.6) is 0 Å². The summed E-state index contributed by atoms with van der Waals surface area (Å²) in [4.78, 5) is 40.1. The molecule has 0 saturated carbocycles. The number of carbonyl (C=O) groups is 3. The molecule has 1 saturated heterocycles. The third-order valence-corrected chi connectivity index (χ3v) is 3.26. The molecule has 8 nitrogen and oxygen atoms in total. The Bertz CT molecular complexity index is 767. The van der Waals surface area contributed by atoms with Gasteiger partial charge in [0.1, 0.15) is 12.1 Å². The molecule has 1 aliphatic rings. The lowest BCUT2D eigenvalue weighted by atomic mass is 10.2. The van der Waals surface area contributed by atoms with Crippen molar-refractivity contribution in [1.82, 2.24) is 15.2 Å². The van der Waals surface area contributed by atoms with Crippen LogP contribution in [0.15, 0.2) is 22.6 Å². The van der Waals surface area contributed by atoms with Crippen LogP contribution in [0.2, 0.25) is 0 Å². The third kappa shape index (κ3) is 2.90. The zero-order chi connectivity index (χ0) is 15.7. The molecule has 8 heteroatoms. The van der Waals surface area contributed by atoms with Gasteiger partial charge >= 0.3 is 6.03 Å². The number of nitrogens with zero attached hydrogens (tertiary/aromatic N) is 2. The van der Waals surface area contributed by atoms with Gasteiger partial charge in [-0.15, -0.1) is 0 Å². The number of hydrogen-bond donors (Lipinski definition) is 2. The zero-order valence-electron chi connectivity index (χ0n) is 11.9. The minimum atomic E-state index is -0.547. The quantitative estimate of drug-likeness (QED) is 0.880. The molecule has 0 atom stereocenters. The summed E-state index contributed by atoms with van der Waals surface area (Å²) < 4.78 is 5.36. The smallest absolute Gasteiger partial charge is 0.324 e. The molecular weight excluding hydrogens is 288 g/mol. The molecule has 2 aromatic rings. The first kappa shape index (κ1) is 14.1. The van der Waals surface area contributed by atoms with Gasteiger partial charge in [0.2, 0.25) is 11.8 Å². The molecule has 0 aliphatic carbocycles. The van der Waals surface area contributed by atoms with E-state index < -0.39 is 6.03 Å². The Hall–Kier alpha value is -2.90. The second-order valence-electron chi connectivity index (χ2n) is 4.99. The molecule has 1 aromatic carbocycles. The van der Waals surface area contributed by atoms with Crippen LogP contribution in [-0.2, 0) is 9.59 Å². The van der Waals surface area contributed by atoms with Gasteiger partial charge in [0.05, 0.1) is 0 Å². The molecule has 22 heavy (non-hydrogen) atoms. The van der Waals surface area contributed by atoms with Crippen molar-refractivity contribution in [3.8, 4) is 0 Å². The highest BCUT2D eigenvalue weighted by atomic mass is 16.3. The second kappa shape index (κ2) is 5.47. The van der Waals surface area contributed by atoms with Gasteiger partial charge in [-0.05, 0) is 18.2 Å². The SMILES string of the molecule is Cc1nc2cc(NC(=O)CN3CCC(=O)NC3=O)ccc2o1. The average molecular weight is 302 g/mol. The number of nitrogens with one attached hydrogen (secondary N) is 2. The summed E-state index contributed by atoms with van der Waals surface area (Å²) in [6.45, 7) is 1.86. The summed E-state index contributed by atoms with van der Waals surface area (Å²) in [7, 11) is 0. The first-order valence-corrected chi connectivity index (χ1v) is 6.77. The maximum atomic E-state index is 12.0. The van der Waals surface area contributed by atoms with Gasteiger partial charge in [-0.2, -0.15) is 0 Å². The van der Waals surface area contributed by atoms with E-state index in [4.69, 9.17) is 4.42 Å². The molecule has 1 aliphatic heterocycles. The molecule has 0 bridgehead atoms. The fourth-order valence-corrected chi connectivity index (χ4v) is 2.24. The standard InChI is InChI=1S/C14H14N4O4/c1-8-15-10-6-9(2-3-11(10)22-8)16-13(20)7-18-5-4-12(19)17-14(18)21/h2-3,6H,4-5,7H2,1H3,(H,16,20)(H,17,19,21). The Kier molecular flexibility index (Phi) is 3.50. The Balaban J connectivity index is 1.65. The molecular formula is C14H14N4O4. The Morgan fingerprint density at radius 1 is 1.45 bits per heavy atom. The molecule has 0 spiro atoms. The Morgan fingerprint density at radius 3 is 3.05 bits per heavy atom. The zero-order valence-corrected chi connectivity index (χ0v) is 11.9. The molecule has 114 valence electrons. The van der Waals surface area contributed by atoms with E-state index in [1.54, 1.807) is 25.1 Å². The van der Waals surface area contributed by atoms with Crippen molar-refractivity contribution in [3.63, 3.8) is 0 Å². The monoisotopic (exact) mass is 302 g/mol. The number of carbonyl (C=O) groups excluding carboxylic acids is 3. The number of urea groups is 1. The number of hydrogen-bond acceptors (Lipinski definition) is 5. The fourth-order valence-electron chi connectivity index (χ4n) is 2.24. The highest BCUT2D eigenvalue weighted by Gasteiger charge is 2.24. The number of aromatic nitrogens is 1. The van der Waals surface area contributed by atoms with Crippen LogP contribution in [-0.4, -0.2) is 40.8 Å². The van der Waals surface area contributed by atoms with Crippen LogP contribution >= 0.6 is 0 Å². The van der Waals surface area contributed by atoms with Crippen molar-refractivity contribution >= 4 is 34.6 Å². The molecule has 2 heterocycles. The first-order chi connectivity index (χ1) is 10.5. The summed E-state index contributed by atoms with van der Waals surface area (Å²) in [6.07, 6.45) is 0.198. The summed E-state index contributed by atoms with van der Waals surface area (Å²) in [5.41, 5.74) is 1.86. The van der Waals surface area contributed by atoms with Gasteiger partial charge in [-0.1, -0.05) is 0 Å². The normalized spacial score (nSPS) is 15.0. The number of amides is 4. The number of fused-ring (bicyclic) bond motifs is 1. The van der Waals surface area contributed by atoms with Crippen LogP contribution in [0.1, 0.15) is 12.3 Å². The topological polar surface area (TPSA) is 105 Å². The average Bonchev–Trinajstić information content (AvgIpc) is 2.81. The van der Waals surface area contributed by atoms with Crippen LogP contribution < -0.4 is 10.6 Å². The van der Waals surface area contributed by atoms with E-state index in [0.29, 0.717) is 22.7 Å².